The van der Waals surface area contributed by atoms with Crippen LogP contribution in [0, 0.1) is 16.2 Å². The summed E-state index contributed by atoms with van der Waals surface area (Å²) in [5, 5.41) is 0. The fourth-order valence-corrected chi connectivity index (χ4v) is 5.57. The van der Waals surface area contributed by atoms with Crippen LogP contribution >= 0.6 is 0 Å². The number of hydrogen-bond donors (Lipinski definition) is 0. The molecule has 0 spiro atoms. The molecule has 1 atom stereocenters. The van der Waals surface area contributed by atoms with Crippen molar-refractivity contribution in [1.82, 2.24) is 0 Å². The van der Waals surface area contributed by atoms with Gasteiger partial charge in [0.05, 0.1) is 7.11 Å². The summed E-state index contributed by atoms with van der Waals surface area (Å²) in [5.41, 5.74) is -1.85. The maximum Gasteiger partial charge on any atom is 0.278 e. The summed E-state index contributed by atoms with van der Waals surface area (Å²) in [6, 6.07) is 0. The fraction of sp³-hybridized carbons (Fsp3) is 1.00. The van der Waals surface area contributed by atoms with E-state index in [1.165, 1.54) is 20.8 Å². The molecule has 24 heavy (non-hydrogen) atoms. The molecule has 1 unspecified atom stereocenters. The summed E-state index contributed by atoms with van der Waals surface area (Å²) in [7, 11) is -3.45. The van der Waals surface area contributed by atoms with Crippen LogP contribution in [0.3, 0.4) is 0 Å². The first-order valence-corrected chi connectivity index (χ1v) is 9.87. The summed E-state index contributed by atoms with van der Waals surface area (Å²) in [4.78, 5) is 0. The topological polar surface area (TPSA) is 43.4 Å². The van der Waals surface area contributed by atoms with Gasteiger partial charge in [-0.15, -0.1) is 0 Å². The summed E-state index contributed by atoms with van der Waals surface area (Å²) in [6.45, 7) is 15.6. The highest BCUT2D eigenvalue weighted by Crippen LogP contribution is 2.55. The molecule has 6 heteroatoms. The number of halogens is 2. The Labute approximate surface area is 147 Å². The second-order valence-corrected chi connectivity index (χ2v) is 11.9. The summed E-state index contributed by atoms with van der Waals surface area (Å²) < 4.78 is 57.6. The number of rotatable bonds is 8. The molecule has 0 aromatic rings. The second-order valence-electron chi connectivity index (χ2n) is 9.74. The highest BCUT2D eigenvalue weighted by Gasteiger charge is 2.66. The largest absolute Gasteiger partial charge is 0.278 e. The predicted molar refractivity (Wildman–Crippen MR) is 95.8 cm³/mol. The maximum atomic E-state index is 15.4. The van der Waals surface area contributed by atoms with Crippen LogP contribution in [0.2, 0.25) is 0 Å². The lowest BCUT2D eigenvalue weighted by atomic mass is 9.64. The monoisotopic (exact) mass is 370 g/mol. The van der Waals surface area contributed by atoms with Gasteiger partial charge in [0.1, 0.15) is 0 Å². The molecule has 0 aliphatic rings. The lowest BCUT2D eigenvalue weighted by Gasteiger charge is -2.48. The third kappa shape index (κ3) is 4.69. The van der Waals surface area contributed by atoms with Crippen molar-refractivity contribution in [3.05, 3.63) is 0 Å². The van der Waals surface area contributed by atoms with Crippen LogP contribution in [0.1, 0.15) is 81.6 Å². The summed E-state index contributed by atoms with van der Waals surface area (Å²) in [6.07, 6.45) is 0.748. The van der Waals surface area contributed by atoms with Crippen molar-refractivity contribution in [2.45, 2.75) is 92.2 Å². The molecule has 0 aromatic heterocycles. The van der Waals surface area contributed by atoms with E-state index in [2.05, 4.69) is 25.0 Å². The lowest BCUT2D eigenvalue weighted by Crippen LogP contribution is -2.59. The molecular formula is C18H36F2O3S. The summed E-state index contributed by atoms with van der Waals surface area (Å²) >= 11 is 0. The fourth-order valence-electron chi connectivity index (χ4n) is 4.26. The normalized spacial score (nSPS) is 17.7. The minimum Gasteiger partial charge on any atom is -0.273 e. The van der Waals surface area contributed by atoms with Gasteiger partial charge in [-0.05, 0) is 37.0 Å². The minimum atomic E-state index is -4.39. The molecule has 0 saturated carbocycles. The van der Waals surface area contributed by atoms with Crippen LogP contribution in [0.15, 0.2) is 0 Å². The Morgan fingerprint density at radius 3 is 1.58 bits per heavy atom. The standard InChI is InChI=1S/C18H36F2O3S/c1-11-17(9,24(21,22)23-10)18(19,20)16(7,8)13-15(5,6)12-14(2,3)4/h11-13H2,1-10H3. The smallest absolute Gasteiger partial charge is 0.273 e. The van der Waals surface area contributed by atoms with Crippen LogP contribution in [-0.2, 0) is 14.3 Å². The van der Waals surface area contributed by atoms with E-state index in [1.54, 1.807) is 0 Å². The Morgan fingerprint density at radius 2 is 1.29 bits per heavy atom. The molecule has 0 heterocycles. The molecule has 0 fully saturated rings. The van der Waals surface area contributed by atoms with Gasteiger partial charge >= 0.3 is 0 Å². The Kier molecular flexibility index (Phi) is 6.76. The average Bonchev–Trinajstić information content (AvgIpc) is 2.32. The molecular weight excluding hydrogens is 334 g/mol. The van der Waals surface area contributed by atoms with Gasteiger partial charge in [0.15, 0.2) is 4.75 Å². The van der Waals surface area contributed by atoms with Gasteiger partial charge in [0, 0.05) is 5.41 Å². The number of hydrogen-bond acceptors (Lipinski definition) is 3. The molecule has 0 aliphatic carbocycles. The van der Waals surface area contributed by atoms with Crippen molar-refractivity contribution in [3.63, 3.8) is 0 Å². The van der Waals surface area contributed by atoms with E-state index < -0.39 is 26.2 Å². The molecule has 0 saturated heterocycles. The van der Waals surface area contributed by atoms with E-state index in [-0.39, 0.29) is 23.7 Å². The average molecular weight is 371 g/mol. The maximum absolute atomic E-state index is 15.4. The predicted octanol–water partition coefficient (Wildman–Crippen LogP) is 5.65. The van der Waals surface area contributed by atoms with E-state index in [1.807, 2.05) is 13.8 Å². The van der Waals surface area contributed by atoms with Gasteiger partial charge in [-0.3, -0.25) is 4.18 Å². The van der Waals surface area contributed by atoms with Crippen LogP contribution in [0.4, 0.5) is 8.78 Å². The van der Waals surface area contributed by atoms with Gasteiger partial charge in [-0.1, -0.05) is 55.4 Å². The van der Waals surface area contributed by atoms with E-state index in [0.717, 1.165) is 20.5 Å². The molecule has 0 aliphatic heterocycles. The van der Waals surface area contributed by atoms with Gasteiger partial charge < -0.3 is 0 Å². The second kappa shape index (κ2) is 6.82. The molecule has 0 rings (SSSR count). The molecule has 0 N–H and O–H groups in total. The zero-order valence-electron chi connectivity index (χ0n) is 17.0. The van der Waals surface area contributed by atoms with Gasteiger partial charge in [-0.2, -0.15) is 8.42 Å². The Balaban J connectivity index is 5.91. The Bertz CT molecular complexity index is 531. The first-order chi connectivity index (χ1) is 10.3. The van der Waals surface area contributed by atoms with Crippen LogP contribution in [-0.4, -0.2) is 26.2 Å². The Morgan fingerprint density at radius 1 is 0.875 bits per heavy atom. The highest BCUT2D eigenvalue weighted by atomic mass is 32.2. The molecule has 0 bridgehead atoms. The third-order valence-electron chi connectivity index (χ3n) is 4.89. The first-order valence-electron chi connectivity index (χ1n) is 8.47. The minimum absolute atomic E-state index is 0.00152. The molecule has 146 valence electrons. The van der Waals surface area contributed by atoms with Crippen molar-refractivity contribution in [1.29, 1.82) is 0 Å². The van der Waals surface area contributed by atoms with Crippen molar-refractivity contribution in [2.75, 3.05) is 7.11 Å². The van der Waals surface area contributed by atoms with Gasteiger partial charge in [-0.25, -0.2) is 8.78 Å². The van der Waals surface area contributed by atoms with Crippen molar-refractivity contribution < 1.29 is 21.4 Å². The van der Waals surface area contributed by atoms with Crippen molar-refractivity contribution >= 4 is 10.1 Å². The lowest BCUT2D eigenvalue weighted by molar-refractivity contribution is -0.151. The SMILES string of the molecule is CCC(C)(C(F)(F)C(C)(C)CC(C)(C)CC(C)(C)C)S(=O)(=O)OC. The van der Waals surface area contributed by atoms with E-state index in [4.69, 9.17) is 0 Å². The summed E-state index contributed by atoms with van der Waals surface area (Å²) in [5.74, 6) is -3.45. The Hall–Kier alpha value is -0.230. The van der Waals surface area contributed by atoms with E-state index in [9.17, 15) is 8.42 Å². The van der Waals surface area contributed by atoms with Crippen LogP contribution in [0.5, 0.6) is 0 Å². The molecule has 0 aromatic carbocycles. The van der Waals surface area contributed by atoms with Gasteiger partial charge in [0.25, 0.3) is 16.0 Å². The van der Waals surface area contributed by atoms with Crippen molar-refractivity contribution in [3.8, 4) is 0 Å². The van der Waals surface area contributed by atoms with Crippen molar-refractivity contribution in [2.24, 2.45) is 16.2 Å². The zero-order chi connectivity index (χ0) is 19.8. The zero-order valence-corrected chi connectivity index (χ0v) is 17.8. The van der Waals surface area contributed by atoms with E-state index >= 15 is 8.78 Å². The van der Waals surface area contributed by atoms with Gasteiger partial charge in [0.2, 0.25) is 0 Å². The van der Waals surface area contributed by atoms with E-state index in [0.29, 0.717) is 0 Å². The highest BCUT2D eigenvalue weighted by molar-refractivity contribution is 7.88. The molecule has 0 radical (unpaired) electrons. The number of alkyl halides is 2. The third-order valence-corrected chi connectivity index (χ3v) is 6.98. The molecule has 0 amide bonds. The van der Waals surface area contributed by atoms with Crippen LogP contribution < -0.4 is 0 Å². The van der Waals surface area contributed by atoms with Crippen LogP contribution in [0.25, 0.3) is 0 Å². The first kappa shape index (κ1) is 23.8. The molecule has 3 nitrogen and oxygen atoms in total. The quantitative estimate of drug-likeness (QED) is 0.519.